The van der Waals surface area contributed by atoms with Crippen molar-refractivity contribution in [3.8, 4) is 5.75 Å². The van der Waals surface area contributed by atoms with Gasteiger partial charge in [-0.1, -0.05) is 36.4 Å². The van der Waals surface area contributed by atoms with Crippen molar-refractivity contribution in [1.82, 2.24) is 9.47 Å². The number of aromatic nitrogens is 2. The Labute approximate surface area is 287 Å². The molecule has 1 fully saturated rings. The van der Waals surface area contributed by atoms with Gasteiger partial charge in [-0.15, -0.1) is 0 Å². The van der Waals surface area contributed by atoms with Crippen molar-refractivity contribution in [1.29, 1.82) is 0 Å². The average molecular weight is 714 g/mol. The number of amides is 1. The summed E-state index contributed by atoms with van der Waals surface area (Å²) in [5.74, 6) is -1.81. The second kappa shape index (κ2) is 15.3. The molecule has 15 heteroatoms. The highest BCUT2D eigenvalue weighted by Crippen LogP contribution is 2.30. The Morgan fingerprint density at radius 3 is 2.22 bits per heavy atom. The lowest BCUT2D eigenvalue weighted by molar-refractivity contribution is -0.671. The van der Waals surface area contributed by atoms with Crippen molar-refractivity contribution >= 4 is 45.3 Å². The number of imidazole rings is 1. The van der Waals surface area contributed by atoms with Gasteiger partial charge in [0, 0.05) is 58.2 Å². The molecule has 0 radical (unpaired) electrons. The Morgan fingerprint density at radius 2 is 1.64 bits per heavy atom. The first kappa shape index (κ1) is 36.4. The summed E-state index contributed by atoms with van der Waals surface area (Å²) in [5.41, 5.74) is 4.20. The number of aliphatic hydroxyl groups is 1. The van der Waals surface area contributed by atoms with Crippen LogP contribution < -0.4 is 14.4 Å². The number of carbonyl (C=O) groups is 4. The molecule has 1 aromatic heterocycles. The van der Waals surface area contributed by atoms with Gasteiger partial charge in [0.2, 0.25) is 0 Å². The van der Waals surface area contributed by atoms with Crippen molar-refractivity contribution in [3.63, 3.8) is 0 Å². The second-order valence-electron chi connectivity index (χ2n) is 11.6. The van der Waals surface area contributed by atoms with E-state index in [9.17, 15) is 36.9 Å². The molecule has 1 N–H and O–H groups in total. The average Bonchev–Trinajstić information content (AvgIpc) is 3.52. The maximum absolute atomic E-state index is 13.4. The summed E-state index contributed by atoms with van der Waals surface area (Å²) in [4.78, 5) is 50.7. The number of alkyl halides is 3. The van der Waals surface area contributed by atoms with Gasteiger partial charge in [0.25, 0.3) is 11.7 Å². The molecule has 1 saturated heterocycles. The lowest BCUT2D eigenvalue weighted by Gasteiger charge is -2.26. The van der Waals surface area contributed by atoms with Crippen LogP contribution in [0.25, 0.3) is 11.0 Å². The number of ether oxygens (including phenoxy) is 1. The minimum Gasteiger partial charge on any atom is -0.542 e. The number of hydrogen-bond donors (Lipinski definition) is 1. The van der Waals surface area contributed by atoms with E-state index in [1.54, 1.807) is 35.2 Å². The summed E-state index contributed by atoms with van der Waals surface area (Å²) in [6, 6.07) is 20.2. The van der Waals surface area contributed by atoms with Crippen LogP contribution in [-0.4, -0.2) is 86.2 Å². The van der Waals surface area contributed by atoms with Gasteiger partial charge in [-0.05, 0) is 36.8 Å². The Balaban J connectivity index is 0.000000630. The fraction of sp³-hybridized carbons (Fsp3) is 0.343. The predicted molar refractivity (Wildman–Crippen MR) is 173 cm³/mol. The normalized spacial score (nSPS) is 15.2. The zero-order chi connectivity index (χ0) is 36.2. The number of hydrogen-bond acceptors (Lipinski definition) is 8. The molecule has 0 unspecified atom stereocenters. The number of aliphatic hydroxyl groups excluding tert-OH is 1. The van der Waals surface area contributed by atoms with Crippen LogP contribution >= 0.6 is 0 Å². The van der Waals surface area contributed by atoms with E-state index in [2.05, 4.69) is 9.13 Å². The van der Waals surface area contributed by atoms with Crippen LogP contribution in [0.1, 0.15) is 49.4 Å². The van der Waals surface area contributed by atoms with Gasteiger partial charge < -0.3 is 24.6 Å². The minimum atomic E-state index is -5.19. The lowest BCUT2D eigenvalue weighted by Crippen LogP contribution is -2.42. The maximum atomic E-state index is 13.4. The molecule has 4 aromatic rings. The van der Waals surface area contributed by atoms with Gasteiger partial charge in [-0.3, -0.25) is 18.6 Å². The summed E-state index contributed by atoms with van der Waals surface area (Å²) >= 11 is 0. The van der Waals surface area contributed by atoms with Crippen molar-refractivity contribution in [2.45, 2.75) is 32.6 Å². The van der Waals surface area contributed by atoms with Crippen LogP contribution in [0.4, 0.5) is 13.2 Å². The Kier molecular flexibility index (Phi) is 11.2. The number of carboxylic acid groups (broad SMARTS) is 1. The van der Waals surface area contributed by atoms with Gasteiger partial charge in [-0.25, -0.2) is 9.13 Å². The molecule has 264 valence electrons. The van der Waals surface area contributed by atoms with Gasteiger partial charge >= 0.3 is 6.18 Å². The van der Waals surface area contributed by atoms with Gasteiger partial charge in [0.05, 0.1) is 25.5 Å². The van der Waals surface area contributed by atoms with Crippen LogP contribution in [-0.2, 0) is 35.1 Å². The number of ketones is 2. The first-order chi connectivity index (χ1) is 23.8. The van der Waals surface area contributed by atoms with Crippen LogP contribution in [0.15, 0.2) is 66.7 Å². The van der Waals surface area contributed by atoms with E-state index in [1.807, 2.05) is 43.3 Å². The molecule has 0 spiro atoms. The molecule has 6 rings (SSSR count). The molecule has 2 heterocycles. The molecule has 11 nitrogen and oxygen atoms in total. The topological polar surface area (TPSA) is 150 Å². The molecule has 3 aromatic carbocycles. The van der Waals surface area contributed by atoms with Crippen LogP contribution in [0.5, 0.6) is 5.75 Å². The first-order valence-electron chi connectivity index (χ1n) is 15.8. The van der Waals surface area contributed by atoms with E-state index in [-0.39, 0.29) is 37.1 Å². The van der Waals surface area contributed by atoms with Crippen molar-refractivity contribution < 1.29 is 56.1 Å². The lowest BCUT2D eigenvalue weighted by atomic mass is 9.99. The summed E-state index contributed by atoms with van der Waals surface area (Å²) in [7, 11) is -0.873. The molecular weight excluding hydrogens is 679 g/mol. The summed E-state index contributed by atoms with van der Waals surface area (Å²) in [5, 5.41) is 18.0. The fourth-order valence-electron chi connectivity index (χ4n) is 6.16. The predicted octanol–water partition coefficient (Wildman–Crippen LogP) is 2.11. The molecule has 1 amide bonds. The third-order valence-corrected chi connectivity index (χ3v) is 9.79. The SMILES string of the molecule is CCn1c(CC2C(=O)c3ccccc3C2=O)[n+](Cc2cccc(C(=O)N3CCS(=O)CC3)c2)c2ccc(OCCO)cc21.O=C([O-])C(F)(F)F. The van der Waals surface area contributed by atoms with E-state index in [0.717, 1.165) is 22.4 Å². The number of Topliss-reactive ketones (excluding diaryl/α,β-unsaturated/α-hetero) is 2. The highest BCUT2D eigenvalue weighted by Gasteiger charge is 2.41. The Hall–Kier alpha value is -4.89. The van der Waals surface area contributed by atoms with Crippen molar-refractivity contribution in [2.24, 2.45) is 5.92 Å². The van der Waals surface area contributed by atoms with E-state index in [0.29, 0.717) is 60.1 Å². The highest BCUT2D eigenvalue weighted by molar-refractivity contribution is 7.85. The van der Waals surface area contributed by atoms with E-state index in [1.165, 1.54) is 0 Å². The molecule has 50 heavy (non-hydrogen) atoms. The van der Waals surface area contributed by atoms with Gasteiger partial charge in [-0.2, -0.15) is 13.2 Å². The number of halogens is 3. The molecular formula is C35H34F3N3O8S. The Morgan fingerprint density at radius 1 is 1.00 bits per heavy atom. The molecule has 0 bridgehead atoms. The summed E-state index contributed by atoms with van der Waals surface area (Å²) in [6.45, 7) is 4.06. The largest absolute Gasteiger partial charge is 0.542 e. The third kappa shape index (κ3) is 7.78. The standard InChI is InChI=1S/C33H34N3O6S.C2HF3O2/c1-2-35-29-19-24(42-15-14-37)10-11-28(29)36(30(35)20-27-31(38)25-8-3-4-9-26(25)32(27)39)21-22-6-5-7-23(18-22)33(40)34-12-16-43(41)17-13-34;3-2(4,5)1(6)7/h3-11,18-19,27,37H,2,12-17,20-21H2,1H3;(H,6,7)/q+1;/p-1. The smallest absolute Gasteiger partial charge is 0.430 e. The zero-order valence-electron chi connectivity index (χ0n) is 27.0. The monoisotopic (exact) mass is 713 g/mol. The number of fused-ring (bicyclic) bond motifs is 2. The molecule has 2 aliphatic rings. The molecule has 1 aliphatic heterocycles. The van der Waals surface area contributed by atoms with Crippen molar-refractivity contribution in [2.75, 3.05) is 37.8 Å². The second-order valence-corrected chi connectivity index (χ2v) is 13.3. The van der Waals surface area contributed by atoms with Crippen LogP contribution in [0.3, 0.4) is 0 Å². The number of rotatable bonds is 9. The molecule has 0 saturated carbocycles. The Bertz CT molecular complexity index is 1930. The number of nitrogens with zero attached hydrogens (tertiary/aromatic N) is 3. The van der Waals surface area contributed by atoms with E-state index < -0.39 is 28.9 Å². The fourth-order valence-corrected chi connectivity index (χ4v) is 7.21. The van der Waals surface area contributed by atoms with Gasteiger partial charge in [0.1, 0.15) is 24.9 Å². The number of benzene rings is 3. The van der Waals surface area contributed by atoms with Gasteiger partial charge in [0.15, 0.2) is 22.6 Å². The zero-order valence-corrected chi connectivity index (χ0v) is 27.8. The van der Waals surface area contributed by atoms with E-state index in [4.69, 9.17) is 14.6 Å². The maximum Gasteiger partial charge on any atom is 0.430 e. The van der Waals surface area contributed by atoms with Crippen LogP contribution in [0, 0.1) is 5.92 Å². The van der Waals surface area contributed by atoms with Crippen LogP contribution in [0.2, 0.25) is 0 Å². The molecule has 0 atom stereocenters. The number of aryl methyl sites for hydroxylation is 1. The number of carbonyl (C=O) groups excluding carboxylic acids is 4. The van der Waals surface area contributed by atoms with E-state index >= 15 is 0 Å². The number of aliphatic carboxylic acids is 1. The quantitative estimate of drug-likeness (QED) is 0.205. The summed E-state index contributed by atoms with van der Waals surface area (Å²) < 4.78 is 53.3. The molecule has 1 aliphatic carbocycles. The van der Waals surface area contributed by atoms with Crippen molar-refractivity contribution in [3.05, 3.63) is 94.8 Å². The first-order valence-corrected chi connectivity index (χ1v) is 17.3. The third-order valence-electron chi connectivity index (χ3n) is 8.52. The highest BCUT2D eigenvalue weighted by atomic mass is 32.2. The minimum absolute atomic E-state index is 0.0784. The number of carboxylic acids is 1. The summed E-state index contributed by atoms with van der Waals surface area (Å²) in [6.07, 6.45) is -4.97.